The first-order valence-corrected chi connectivity index (χ1v) is 6.95. The number of carbonyl (C=O) groups excluding carboxylic acids is 1. The van der Waals surface area contributed by atoms with E-state index >= 15 is 0 Å². The van der Waals surface area contributed by atoms with Crippen molar-refractivity contribution in [3.63, 3.8) is 0 Å². The molecule has 2 rings (SSSR count). The number of carbonyl (C=O) groups is 2. The van der Waals surface area contributed by atoms with Gasteiger partial charge in [-0.1, -0.05) is 13.8 Å². The Bertz CT molecular complexity index is 552. The summed E-state index contributed by atoms with van der Waals surface area (Å²) in [5, 5.41) is 13.7. The van der Waals surface area contributed by atoms with Crippen LogP contribution in [0.3, 0.4) is 0 Å². The predicted molar refractivity (Wildman–Crippen MR) is 74.6 cm³/mol. The molecule has 1 fully saturated rings. The summed E-state index contributed by atoms with van der Waals surface area (Å²) in [4.78, 5) is 25.3. The zero-order valence-corrected chi connectivity index (χ0v) is 12.7. The first-order chi connectivity index (χ1) is 9.81. The highest BCUT2D eigenvalue weighted by molar-refractivity contribution is 5.83. The quantitative estimate of drug-likeness (QED) is 0.885. The average molecular weight is 295 g/mol. The maximum atomic E-state index is 12.2. The van der Waals surface area contributed by atoms with Crippen LogP contribution in [-0.4, -0.2) is 50.9 Å². The number of carboxylic acids is 1. The Balaban J connectivity index is 2.46. The number of rotatable bonds is 4. The van der Waals surface area contributed by atoms with E-state index in [0.29, 0.717) is 12.2 Å². The molecule has 2 unspecified atom stereocenters. The summed E-state index contributed by atoms with van der Waals surface area (Å²) in [6.07, 6.45) is 0.690. The van der Waals surface area contributed by atoms with Crippen molar-refractivity contribution < 1.29 is 19.4 Å². The largest absolute Gasteiger partial charge is 0.479 e. The van der Waals surface area contributed by atoms with Gasteiger partial charge in [0.1, 0.15) is 6.61 Å². The number of nitrogens with zero attached hydrogens (tertiary/aromatic N) is 3. The molecule has 116 valence electrons. The summed E-state index contributed by atoms with van der Waals surface area (Å²) in [5.74, 6) is -1.01. The van der Waals surface area contributed by atoms with Crippen molar-refractivity contribution >= 4 is 11.9 Å². The number of hydrogen-bond donors (Lipinski definition) is 1. The van der Waals surface area contributed by atoms with Crippen LogP contribution in [0.5, 0.6) is 0 Å². The van der Waals surface area contributed by atoms with Crippen molar-refractivity contribution in [2.24, 2.45) is 13.0 Å². The number of morpholine rings is 1. The Hall–Kier alpha value is -1.89. The molecule has 1 saturated heterocycles. The van der Waals surface area contributed by atoms with Crippen LogP contribution in [0.1, 0.15) is 31.1 Å². The van der Waals surface area contributed by atoms with Gasteiger partial charge in [-0.15, -0.1) is 0 Å². The van der Waals surface area contributed by atoms with Crippen molar-refractivity contribution in [2.45, 2.75) is 32.9 Å². The van der Waals surface area contributed by atoms with E-state index in [1.165, 1.54) is 0 Å². The first-order valence-electron chi connectivity index (χ1n) is 6.95. The smallest absolute Gasteiger partial charge is 0.335 e. The van der Waals surface area contributed by atoms with E-state index in [2.05, 4.69) is 5.10 Å². The third-order valence-electron chi connectivity index (χ3n) is 3.50. The van der Waals surface area contributed by atoms with Gasteiger partial charge >= 0.3 is 5.97 Å². The molecule has 7 heteroatoms. The van der Waals surface area contributed by atoms with Gasteiger partial charge in [0.2, 0.25) is 5.91 Å². The highest BCUT2D eigenvalue weighted by Crippen LogP contribution is 2.32. The maximum absolute atomic E-state index is 12.2. The van der Waals surface area contributed by atoms with Gasteiger partial charge in [-0.3, -0.25) is 9.48 Å². The van der Waals surface area contributed by atoms with Crippen molar-refractivity contribution in [1.82, 2.24) is 14.7 Å². The molecule has 0 saturated carbocycles. The molecule has 2 heterocycles. The number of aryl methyl sites for hydroxylation is 2. The van der Waals surface area contributed by atoms with Crippen LogP contribution in [-0.2, 0) is 21.4 Å². The lowest BCUT2D eigenvalue weighted by Gasteiger charge is -2.40. The lowest BCUT2D eigenvalue weighted by Crippen LogP contribution is -2.52. The average Bonchev–Trinajstić information content (AvgIpc) is 2.69. The molecule has 1 aromatic rings. The standard InChI is InChI=1S/C14H21N3O4/c1-8(2)5-17-11(18)7-21-13(14(19)20)12(17)10-6-16(4)15-9(10)3/h6,8,12-13H,5,7H2,1-4H3,(H,19,20). The predicted octanol–water partition coefficient (Wildman–Crippen LogP) is 0.738. The van der Waals surface area contributed by atoms with Crippen molar-refractivity contribution in [1.29, 1.82) is 0 Å². The summed E-state index contributed by atoms with van der Waals surface area (Å²) in [5.41, 5.74) is 1.43. The van der Waals surface area contributed by atoms with Crippen LogP contribution in [0.4, 0.5) is 0 Å². The Morgan fingerprint density at radius 2 is 2.24 bits per heavy atom. The lowest BCUT2D eigenvalue weighted by molar-refractivity contribution is -0.173. The molecule has 21 heavy (non-hydrogen) atoms. The Morgan fingerprint density at radius 1 is 1.57 bits per heavy atom. The van der Waals surface area contributed by atoms with E-state index in [-0.39, 0.29) is 18.4 Å². The van der Waals surface area contributed by atoms with Gasteiger partial charge in [0.05, 0.1) is 11.7 Å². The second-order valence-electron chi connectivity index (χ2n) is 5.80. The van der Waals surface area contributed by atoms with Crippen LogP contribution in [0.15, 0.2) is 6.20 Å². The van der Waals surface area contributed by atoms with Crippen LogP contribution in [0.2, 0.25) is 0 Å². The third kappa shape index (κ3) is 3.07. The molecule has 1 aromatic heterocycles. The second-order valence-corrected chi connectivity index (χ2v) is 5.80. The minimum absolute atomic E-state index is 0.186. The summed E-state index contributed by atoms with van der Waals surface area (Å²) in [7, 11) is 1.77. The zero-order chi connectivity index (χ0) is 15.7. The summed E-state index contributed by atoms with van der Waals surface area (Å²) in [6.45, 7) is 6.09. The second kappa shape index (κ2) is 5.85. The normalized spacial score (nSPS) is 22.9. The van der Waals surface area contributed by atoms with Crippen LogP contribution in [0.25, 0.3) is 0 Å². The van der Waals surface area contributed by atoms with Crippen molar-refractivity contribution in [2.75, 3.05) is 13.2 Å². The Kier molecular flexibility index (Phi) is 4.32. The number of carboxylic acid groups (broad SMARTS) is 1. The minimum Gasteiger partial charge on any atom is -0.479 e. The maximum Gasteiger partial charge on any atom is 0.335 e. The fourth-order valence-corrected chi connectivity index (χ4v) is 2.71. The number of hydrogen-bond acceptors (Lipinski definition) is 4. The molecule has 1 N–H and O–H groups in total. The molecule has 1 amide bonds. The SMILES string of the molecule is Cc1nn(C)cc1C1C(C(=O)O)OCC(=O)N1CC(C)C. The van der Waals surface area contributed by atoms with E-state index in [4.69, 9.17) is 4.74 Å². The summed E-state index contributed by atoms with van der Waals surface area (Å²) in [6, 6.07) is -0.639. The highest BCUT2D eigenvalue weighted by Gasteiger charge is 2.43. The summed E-state index contributed by atoms with van der Waals surface area (Å²) < 4.78 is 6.89. The van der Waals surface area contributed by atoms with Gasteiger partial charge in [-0.2, -0.15) is 5.10 Å². The van der Waals surface area contributed by atoms with Crippen molar-refractivity contribution in [3.8, 4) is 0 Å². The fraction of sp³-hybridized carbons (Fsp3) is 0.643. The van der Waals surface area contributed by atoms with E-state index < -0.39 is 18.1 Å². The number of amides is 1. The molecule has 7 nitrogen and oxygen atoms in total. The van der Waals surface area contributed by atoms with E-state index in [9.17, 15) is 14.7 Å². The summed E-state index contributed by atoms with van der Waals surface area (Å²) >= 11 is 0. The van der Waals surface area contributed by atoms with Gasteiger partial charge in [0, 0.05) is 25.4 Å². The first kappa shape index (κ1) is 15.5. The van der Waals surface area contributed by atoms with Crippen LogP contribution < -0.4 is 0 Å². The van der Waals surface area contributed by atoms with Gasteiger partial charge in [0.15, 0.2) is 6.10 Å². The zero-order valence-electron chi connectivity index (χ0n) is 12.7. The fourth-order valence-electron chi connectivity index (χ4n) is 2.71. The minimum atomic E-state index is -1.07. The van der Waals surface area contributed by atoms with Crippen LogP contribution in [0, 0.1) is 12.8 Å². The monoisotopic (exact) mass is 295 g/mol. The van der Waals surface area contributed by atoms with Gasteiger partial charge in [0.25, 0.3) is 0 Å². The number of ether oxygens (including phenoxy) is 1. The molecule has 0 radical (unpaired) electrons. The van der Waals surface area contributed by atoms with E-state index in [1.54, 1.807) is 29.7 Å². The molecule has 0 aromatic carbocycles. The Morgan fingerprint density at radius 3 is 2.71 bits per heavy atom. The molecule has 1 aliphatic rings. The Labute approximate surface area is 123 Å². The molecule has 0 aliphatic carbocycles. The molecule has 1 aliphatic heterocycles. The topological polar surface area (TPSA) is 84.7 Å². The van der Waals surface area contributed by atoms with E-state index in [1.807, 2.05) is 13.8 Å². The number of aliphatic carboxylic acids is 1. The van der Waals surface area contributed by atoms with Crippen LogP contribution >= 0.6 is 0 Å². The van der Waals surface area contributed by atoms with E-state index in [0.717, 1.165) is 5.56 Å². The van der Waals surface area contributed by atoms with Gasteiger partial charge in [-0.25, -0.2) is 4.79 Å². The van der Waals surface area contributed by atoms with Gasteiger partial charge < -0.3 is 14.7 Å². The molecule has 2 atom stereocenters. The van der Waals surface area contributed by atoms with Gasteiger partial charge in [-0.05, 0) is 12.8 Å². The lowest BCUT2D eigenvalue weighted by atomic mass is 9.97. The molecule has 0 spiro atoms. The highest BCUT2D eigenvalue weighted by atomic mass is 16.5. The van der Waals surface area contributed by atoms with Crippen molar-refractivity contribution in [3.05, 3.63) is 17.5 Å². The number of aromatic nitrogens is 2. The molecular weight excluding hydrogens is 274 g/mol. The molecular formula is C14H21N3O4. The molecule has 0 bridgehead atoms. The third-order valence-corrected chi connectivity index (χ3v) is 3.50.